The van der Waals surface area contributed by atoms with Crippen molar-refractivity contribution < 1.29 is 4.79 Å². The fourth-order valence-corrected chi connectivity index (χ4v) is 1.33. The number of nitrogens with zero attached hydrogens (tertiary/aromatic N) is 2. The fourth-order valence-electron chi connectivity index (χ4n) is 1.33. The van der Waals surface area contributed by atoms with E-state index in [0.29, 0.717) is 5.82 Å². The number of nitrogens with one attached hydrogen (secondary N) is 1. The van der Waals surface area contributed by atoms with Crippen LogP contribution < -0.4 is 5.32 Å². The van der Waals surface area contributed by atoms with Crippen LogP contribution in [-0.2, 0) is 13.1 Å². The Morgan fingerprint density at radius 1 is 1.73 bits per heavy atom. The van der Waals surface area contributed by atoms with Crippen LogP contribution in [0.15, 0.2) is 6.20 Å². The molecule has 0 aromatic carbocycles. The zero-order valence-electron chi connectivity index (χ0n) is 6.08. The van der Waals surface area contributed by atoms with Crippen molar-refractivity contribution in [2.45, 2.75) is 13.1 Å². The summed E-state index contributed by atoms with van der Waals surface area (Å²) >= 11 is 0. The molecule has 11 heavy (non-hydrogen) atoms. The van der Waals surface area contributed by atoms with E-state index < -0.39 is 0 Å². The summed E-state index contributed by atoms with van der Waals surface area (Å²) in [6.45, 7) is 2.59. The SMILES string of the molecule is O=Cc1ncc2n1CCNC2. The van der Waals surface area contributed by atoms with Crippen molar-refractivity contribution in [2.75, 3.05) is 6.54 Å². The molecule has 1 aromatic heterocycles. The minimum Gasteiger partial charge on any atom is -0.323 e. The second-order valence-electron chi connectivity index (χ2n) is 2.55. The van der Waals surface area contributed by atoms with Gasteiger partial charge in [0.05, 0.1) is 11.9 Å². The Balaban J connectivity index is 2.45. The molecule has 1 aromatic rings. The largest absolute Gasteiger partial charge is 0.323 e. The topological polar surface area (TPSA) is 46.9 Å². The second-order valence-corrected chi connectivity index (χ2v) is 2.55. The van der Waals surface area contributed by atoms with Crippen molar-refractivity contribution in [1.82, 2.24) is 14.9 Å². The molecule has 4 heteroatoms. The van der Waals surface area contributed by atoms with Gasteiger partial charge in [-0.1, -0.05) is 0 Å². The number of hydrogen-bond donors (Lipinski definition) is 1. The number of aldehydes is 1. The Labute approximate surface area is 64.2 Å². The molecular weight excluding hydrogens is 142 g/mol. The highest BCUT2D eigenvalue weighted by Crippen LogP contribution is 2.06. The molecular formula is C7H9N3O. The van der Waals surface area contributed by atoms with E-state index in [9.17, 15) is 4.79 Å². The molecule has 0 saturated carbocycles. The lowest BCUT2D eigenvalue weighted by Gasteiger charge is -2.15. The third kappa shape index (κ3) is 0.952. The van der Waals surface area contributed by atoms with Crippen LogP contribution >= 0.6 is 0 Å². The molecule has 0 amide bonds. The molecule has 0 fully saturated rings. The molecule has 0 aliphatic carbocycles. The van der Waals surface area contributed by atoms with E-state index in [4.69, 9.17) is 0 Å². The van der Waals surface area contributed by atoms with Crippen molar-refractivity contribution in [3.8, 4) is 0 Å². The third-order valence-electron chi connectivity index (χ3n) is 1.89. The molecule has 0 radical (unpaired) electrons. The number of carbonyl (C=O) groups is 1. The lowest BCUT2D eigenvalue weighted by atomic mass is 10.3. The van der Waals surface area contributed by atoms with Crippen LogP contribution in [-0.4, -0.2) is 22.4 Å². The van der Waals surface area contributed by atoms with Crippen molar-refractivity contribution in [2.24, 2.45) is 0 Å². The molecule has 1 aliphatic rings. The van der Waals surface area contributed by atoms with Crippen LogP contribution in [0.5, 0.6) is 0 Å². The first-order chi connectivity index (χ1) is 5.42. The number of rotatable bonds is 1. The molecule has 0 saturated heterocycles. The first-order valence-electron chi connectivity index (χ1n) is 3.62. The molecule has 4 nitrogen and oxygen atoms in total. The summed E-state index contributed by atoms with van der Waals surface area (Å²) in [4.78, 5) is 14.4. The maximum absolute atomic E-state index is 10.4. The summed E-state index contributed by atoms with van der Waals surface area (Å²) in [6, 6.07) is 0. The van der Waals surface area contributed by atoms with Crippen molar-refractivity contribution in [3.63, 3.8) is 0 Å². The predicted molar refractivity (Wildman–Crippen MR) is 39.3 cm³/mol. The molecule has 1 aliphatic heterocycles. The van der Waals surface area contributed by atoms with Gasteiger partial charge in [-0.15, -0.1) is 0 Å². The number of carbonyl (C=O) groups excluding carboxylic acids is 1. The van der Waals surface area contributed by atoms with Gasteiger partial charge in [0.2, 0.25) is 0 Å². The highest BCUT2D eigenvalue weighted by molar-refractivity contribution is 5.69. The quantitative estimate of drug-likeness (QED) is 0.565. The van der Waals surface area contributed by atoms with Crippen LogP contribution in [0.3, 0.4) is 0 Å². The van der Waals surface area contributed by atoms with Crippen molar-refractivity contribution >= 4 is 6.29 Å². The van der Waals surface area contributed by atoms with E-state index in [-0.39, 0.29) is 0 Å². The average Bonchev–Trinajstić information content (AvgIpc) is 2.47. The van der Waals surface area contributed by atoms with Gasteiger partial charge >= 0.3 is 0 Å². The summed E-state index contributed by atoms with van der Waals surface area (Å²) in [5.41, 5.74) is 1.10. The van der Waals surface area contributed by atoms with E-state index in [1.807, 2.05) is 4.57 Å². The molecule has 0 unspecified atom stereocenters. The molecule has 0 spiro atoms. The van der Waals surface area contributed by atoms with Crippen molar-refractivity contribution in [1.29, 1.82) is 0 Å². The van der Waals surface area contributed by atoms with Crippen LogP contribution in [0.1, 0.15) is 16.3 Å². The molecule has 2 heterocycles. The van der Waals surface area contributed by atoms with Crippen LogP contribution in [0.25, 0.3) is 0 Å². The summed E-state index contributed by atoms with van der Waals surface area (Å²) in [5.74, 6) is 0.543. The third-order valence-corrected chi connectivity index (χ3v) is 1.89. The van der Waals surface area contributed by atoms with E-state index in [1.165, 1.54) is 0 Å². The zero-order valence-corrected chi connectivity index (χ0v) is 6.08. The Hall–Kier alpha value is -1.16. The summed E-state index contributed by atoms with van der Waals surface area (Å²) in [5, 5.41) is 3.20. The standard InChI is InChI=1S/C7H9N3O/c11-5-7-9-4-6-3-8-1-2-10(6)7/h4-5,8H,1-3H2. The van der Waals surface area contributed by atoms with Gasteiger partial charge in [0, 0.05) is 19.6 Å². The van der Waals surface area contributed by atoms with Gasteiger partial charge in [-0.05, 0) is 0 Å². The number of hydrogen-bond acceptors (Lipinski definition) is 3. The van der Waals surface area contributed by atoms with Gasteiger partial charge in [0.15, 0.2) is 12.1 Å². The van der Waals surface area contributed by atoms with Gasteiger partial charge in [-0.2, -0.15) is 0 Å². The number of fused-ring (bicyclic) bond motifs is 1. The lowest BCUT2D eigenvalue weighted by Crippen LogP contribution is -2.28. The van der Waals surface area contributed by atoms with E-state index in [1.54, 1.807) is 6.20 Å². The summed E-state index contributed by atoms with van der Waals surface area (Å²) < 4.78 is 1.95. The normalized spacial score (nSPS) is 16.0. The second kappa shape index (κ2) is 2.47. The summed E-state index contributed by atoms with van der Waals surface area (Å²) in [7, 11) is 0. The highest BCUT2D eigenvalue weighted by Gasteiger charge is 2.11. The van der Waals surface area contributed by atoms with Crippen molar-refractivity contribution in [3.05, 3.63) is 17.7 Å². The van der Waals surface area contributed by atoms with Gasteiger partial charge in [-0.25, -0.2) is 4.98 Å². The van der Waals surface area contributed by atoms with Crippen LogP contribution in [0.2, 0.25) is 0 Å². The molecule has 0 atom stereocenters. The van der Waals surface area contributed by atoms with Crippen LogP contribution in [0.4, 0.5) is 0 Å². The fraction of sp³-hybridized carbons (Fsp3) is 0.429. The van der Waals surface area contributed by atoms with Gasteiger partial charge in [0.1, 0.15) is 0 Å². The number of imidazole rings is 1. The highest BCUT2D eigenvalue weighted by atomic mass is 16.1. The average molecular weight is 151 g/mol. The minimum absolute atomic E-state index is 0.543. The lowest BCUT2D eigenvalue weighted by molar-refractivity contribution is 0.111. The minimum atomic E-state index is 0.543. The van der Waals surface area contributed by atoms with E-state index in [0.717, 1.165) is 31.6 Å². The van der Waals surface area contributed by atoms with Gasteiger partial charge in [-0.3, -0.25) is 4.79 Å². The smallest absolute Gasteiger partial charge is 0.185 e. The predicted octanol–water partition coefficient (Wildman–Crippen LogP) is -0.201. The zero-order chi connectivity index (χ0) is 7.68. The monoisotopic (exact) mass is 151 g/mol. The molecule has 1 N–H and O–H groups in total. The van der Waals surface area contributed by atoms with Gasteiger partial charge in [0.25, 0.3) is 0 Å². The van der Waals surface area contributed by atoms with Gasteiger partial charge < -0.3 is 9.88 Å². The Kier molecular flexibility index (Phi) is 1.47. The molecule has 58 valence electrons. The first kappa shape index (κ1) is 6.54. The Bertz CT molecular complexity index is 279. The number of aromatic nitrogens is 2. The van der Waals surface area contributed by atoms with Crippen LogP contribution in [0, 0.1) is 0 Å². The summed E-state index contributed by atoms with van der Waals surface area (Å²) in [6.07, 6.45) is 2.55. The maximum Gasteiger partial charge on any atom is 0.185 e. The molecule has 2 rings (SSSR count). The maximum atomic E-state index is 10.4. The Morgan fingerprint density at radius 3 is 3.45 bits per heavy atom. The Morgan fingerprint density at radius 2 is 2.64 bits per heavy atom. The van der Waals surface area contributed by atoms with E-state index in [2.05, 4.69) is 10.3 Å². The molecule has 0 bridgehead atoms. The first-order valence-corrected chi connectivity index (χ1v) is 3.62. The van der Waals surface area contributed by atoms with E-state index >= 15 is 0 Å².